The van der Waals surface area contributed by atoms with E-state index in [9.17, 15) is 9.59 Å². The van der Waals surface area contributed by atoms with Crippen LogP contribution in [-0.4, -0.2) is 23.1 Å². The minimum atomic E-state index is 0.0540. The number of ketones is 1. The third-order valence-electron chi connectivity index (χ3n) is 4.84. The van der Waals surface area contributed by atoms with Gasteiger partial charge in [-0.05, 0) is 55.3 Å². The predicted molar refractivity (Wildman–Crippen MR) is 97.5 cm³/mol. The summed E-state index contributed by atoms with van der Waals surface area (Å²) in [6.45, 7) is 4.84. The van der Waals surface area contributed by atoms with Gasteiger partial charge in [0.25, 0.3) is 0 Å². The minimum absolute atomic E-state index is 0.0540. The molecule has 1 fully saturated rings. The summed E-state index contributed by atoms with van der Waals surface area (Å²) in [5.74, 6) is 0.154. The highest BCUT2D eigenvalue weighted by Gasteiger charge is 2.30. The molecule has 1 aromatic heterocycles. The van der Waals surface area contributed by atoms with Gasteiger partial charge in [-0.25, -0.2) is 0 Å². The maximum atomic E-state index is 12.6. The average molecular weight is 341 g/mol. The van der Waals surface area contributed by atoms with E-state index in [1.54, 1.807) is 11.3 Å². The molecule has 0 bridgehead atoms. The first-order valence-corrected chi connectivity index (χ1v) is 9.37. The fourth-order valence-corrected chi connectivity index (χ4v) is 4.14. The highest BCUT2D eigenvalue weighted by atomic mass is 32.1. The smallest absolute Gasteiger partial charge is 0.223 e. The highest BCUT2D eigenvalue weighted by Crippen LogP contribution is 2.35. The van der Waals surface area contributed by atoms with Crippen LogP contribution in [0.5, 0.6) is 0 Å². The van der Waals surface area contributed by atoms with Crippen LogP contribution >= 0.6 is 11.3 Å². The Morgan fingerprint density at radius 3 is 2.71 bits per heavy atom. The van der Waals surface area contributed by atoms with Gasteiger partial charge in [0, 0.05) is 29.8 Å². The molecule has 1 atom stereocenters. The SMILES string of the molecule is Cc1ccc(C(=O)CCC(=O)N2CCCC2c2cccs2)cc1C. The van der Waals surface area contributed by atoms with E-state index in [1.807, 2.05) is 43.0 Å². The third-order valence-corrected chi connectivity index (χ3v) is 5.81. The second kappa shape index (κ2) is 7.31. The molecule has 1 unspecified atom stereocenters. The molecular formula is C20H23NO2S. The van der Waals surface area contributed by atoms with Gasteiger partial charge in [0.05, 0.1) is 6.04 Å². The summed E-state index contributed by atoms with van der Waals surface area (Å²) in [4.78, 5) is 28.2. The molecule has 1 aliphatic rings. The molecule has 0 radical (unpaired) electrons. The first-order valence-electron chi connectivity index (χ1n) is 8.49. The molecule has 0 aliphatic carbocycles. The van der Waals surface area contributed by atoms with Crippen molar-refractivity contribution in [2.45, 2.75) is 45.6 Å². The summed E-state index contributed by atoms with van der Waals surface area (Å²) in [6.07, 6.45) is 2.65. The van der Waals surface area contributed by atoms with E-state index < -0.39 is 0 Å². The van der Waals surface area contributed by atoms with Crippen molar-refractivity contribution in [2.24, 2.45) is 0 Å². The van der Waals surface area contributed by atoms with Gasteiger partial charge in [0.2, 0.25) is 5.91 Å². The molecule has 1 amide bonds. The Hall–Kier alpha value is -1.94. The number of nitrogens with zero attached hydrogens (tertiary/aromatic N) is 1. The van der Waals surface area contributed by atoms with Gasteiger partial charge in [-0.3, -0.25) is 9.59 Å². The Morgan fingerprint density at radius 2 is 2.00 bits per heavy atom. The second-order valence-electron chi connectivity index (χ2n) is 6.48. The van der Waals surface area contributed by atoms with Crippen molar-refractivity contribution < 1.29 is 9.59 Å². The van der Waals surface area contributed by atoms with Crippen LogP contribution in [0.3, 0.4) is 0 Å². The molecule has 2 aromatic rings. The van der Waals surface area contributed by atoms with Crippen LogP contribution in [0.15, 0.2) is 35.7 Å². The van der Waals surface area contributed by atoms with Gasteiger partial charge in [0.1, 0.15) is 0 Å². The zero-order valence-electron chi connectivity index (χ0n) is 14.2. The molecule has 0 saturated carbocycles. The number of hydrogen-bond donors (Lipinski definition) is 0. The van der Waals surface area contributed by atoms with Gasteiger partial charge >= 0.3 is 0 Å². The fourth-order valence-electron chi connectivity index (χ4n) is 3.27. The van der Waals surface area contributed by atoms with Crippen LogP contribution in [0.2, 0.25) is 0 Å². The lowest BCUT2D eigenvalue weighted by Gasteiger charge is -2.23. The standard InChI is InChI=1S/C20H23NO2S/c1-14-7-8-16(13-15(14)2)18(22)9-10-20(23)21-11-3-5-17(21)19-6-4-12-24-19/h4,6-8,12-13,17H,3,5,9-11H2,1-2H3. The van der Waals surface area contributed by atoms with Gasteiger partial charge in [0.15, 0.2) is 5.78 Å². The highest BCUT2D eigenvalue weighted by molar-refractivity contribution is 7.10. The largest absolute Gasteiger partial charge is 0.335 e. The number of hydrogen-bond acceptors (Lipinski definition) is 3. The molecule has 3 rings (SSSR count). The Bertz CT molecular complexity index is 736. The van der Waals surface area contributed by atoms with E-state index in [0.717, 1.165) is 24.9 Å². The number of thiophene rings is 1. The molecule has 3 nitrogen and oxygen atoms in total. The van der Waals surface area contributed by atoms with Crippen molar-refractivity contribution in [3.63, 3.8) is 0 Å². The Kier molecular flexibility index (Phi) is 5.14. The van der Waals surface area contributed by atoms with Gasteiger partial charge in [-0.2, -0.15) is 0 Å². The Labute approximate surface area is 147 Å². The monoisotopic (exact) mass is 341 g/mol. The van der Waals surface area contributed by atoms with Crippen molar-refractivity contribution in [3.8, 4) is 0 Å². The summed E-state index contributed by atoms with van der Waals surface area (Å²) >= 11 is 1.70. The van der Waals surface area contributed by atoms with E-state index in [2.05, 4.69) is 11.4 Å². The third kappa shape index (κ3) is 3.59. The van der Waals surface area contributed by atoms with E-state index in [1.165, 1.54) is 10.4 Å². The Balaban J connectivity index is 1.60. The van der Waals surface area contributed by atoms with Gasteiger partial charge < -0.3 is 4.90 Å². The first-order chi connectivity index (χ1) is 11.6. The van der Waals surface area contributed by atoms with Crippen molar-refractivity contribution in [1.29, 1.82) is 0 Å². The number of aryl methyl sites for hydroxylation is 2. The fraction of sp³-hybridized carbons (Fsp3) is 0.400. The zero-order chi connectivity index (χ0) is 17.1. The van der Waals surface area contributed by atoms with E-state index in [0.29, 0.717) is 12.0 Å². The molecule has 1 aromatic carbocycles. The number of benzene rings is 1. The second-order valence-corrected chi connectivity index (χ2v) is 7.46. The zero-order valence-corrected chi connectivity index (χ0v) is 15.1. The van der Waals surface area contributed by atoms with E-state index in [4.69, 9.17) is 0 Å². The summed E-state index contributed by atoms with van der Waals surface area (Å²) in [6, 6.07) is 10.1. The summed E-state index contributed by atoms with van der Waals surface area (Å²) in [7, 11) is 0. The van der Waals surface area contributed by atoms with Crippen molar-refractivity contribution >= 4 is 23.0 Å². The van der Waals surface area contributed by atoms with Gasteiger partial charge in [-0.1, -0.05) is 18.2 Å². The van der Waals surface area contributed by atoms with Crippen LogP contribution in [-0.2, 0) is 4.79 Å². The summed E-state index contributed by atoms with van der Waals surface area (Å²) in [5.41, 5.74) is 3.00. The lowest BCUT2D eigenvalue weighted by Crippen LogP contribution is -2.30. The number of amides is 1. The van der Waals surface area contributed by atoms with Crippen LogP contribution in [0, 0.1) is 13.8 Å². The molecule has 24 heavy (non-hydrogen) atoms. The molecule has 1 saturated heterocycles. The topological polar surface area (TPSA) is 37.4 Å². The first kappa shape index (κ1) is 16.9. The van der Waals surface area contributed by atoms with E-state index >= 15 is 0 Å². The van der Waals surface area contributed by atoms with Crippen molar-refractivity contribution in [3.05, 3.63) is 57.3 Å². The molecule has 126 valence electrons. The van der Waals surface area contributed by atoms with Crippen LogP contribution in [0.25, 0.3) is 0 Å². The minimum Gasteiger partial charge on any atom is -0.335 e. The number of Topliss-reactive ketones (excluding diaryl/α,β-unsaturated/α-hetero) is 1. The summed E-state index contributed by atoms with van der Waals surface area (Å²) in [5, 5.41) is 2.06. The molecule has 4 heteroatoms. The average Bonchev–Trinajstić information content (AvgIpc) is 3.25. The normalized spacial score (nSPS) is 17.2. The molecule has 2 heterocycles. The maximum absolute atomic E-state index is 12.6. The lowest BCUT2D eigenvalue weighted by molar-refractivity contribution is -0.132. The van der Waals surface area contributed by atoms with Gasteiger partial charge in [-0.15, -0.1) is 11.3 Å². The molecule has 0 spiro atoms. The number of carbonyl (C=O) groups excluding carboxylic acids is 2. The number of rotatable bonds is 5. The number of likely N-dealkylation sites (tertiary alicyclic amines) is 1. The van der Waals surface area contributed by atoms with Crippen LogP contribution < -0.4 is 0 Å². The maximum Gasteiger partial charge on any atom is 0.223 e. The quantitative estimate of drug-likeness (QED) is 0.740. The van der Waals surface area contributed by atoms with Crippen LogP contribution in [0.1, 0.15) is 58.1 Å². The lowest BCUT2D eigenvalue weighted by atomic mass is 10.0. The Morgan fingerprint density at radius 1 is 1.17 bits per heavy atom. The predicted octanol–water partition coefficient (Wildman–Crippen LogP) is 4.69. The summed E-state index contributed by atoms with van der Waals surface area (Å²) < 4.78 is 0. The molecule has 1 aliphatic heterocycles. The van der Waals surface area contributed by atoms with Crippen molar-refractivity contribution in [1.82, 2.24) is 4.90 Å². The van der Waals surface area contributed by atoms with Crippen molar-refractivity contribution in [2.75, 3.05) is 6.54 Å². The number of carbonyl (C=O) groups is 2. The van der Waals surface area contributed by atoms with Crippen LogP contribution in [0.4, 0.5) is 0 Å². The van der Waals surface area contributed by atoms with E-state index in [-0.39, 0.29) is 24.2 Å². The molecule has 0 N–H and O–H groups in total. The molecular weight excluding hydrogens is 318 g/mol.